The van der Waals surface area contributed by atoms with Crippen LogP contribution in [0.2, 0.25) is 0 Å². The molecule has 0 spiro atoms. The van der Waals surface area contributed by atoms with E-state index in [0.29, 0.717) is 5.11 Å². The van der Waals surface area contributed by atoms with Crippen molar-refractivity contribution in [2.75, 3.05) is 4.90 Å². The van der Waals surface area contributed by atoms with E-state index in [1.165, 1.54) is 0 Å². The lowest BCUT2D eigenvalue weighted by molar-refractivity contribution is 0.0697. The summed E-state index contributed by atoms with van der Waals surface area (Å²) in [4.78, 5) is 18.3. The van der Waals surface area contributed by atoms with Crippen LogP contribution >= 0.6 is 12.2 Å². The third-order valence-corrected chi connectivity index (χ3v) is 6.35. The Morgan fingerprint density at radius 3 is 2.53 bits per heavy atom. The minimum absolute atomic E-state index is 0.0801. The lowest BCUT2D eigenvalue weighted by atomic mass is 10.0. The number of anilines is 1. The molecule has 182 valence electrons. The van der Waals surface area contributed by atoms with Crippen molar-refractivity contribution in [3.05, 3.63) is 108 Å². The number of rotatable bonds is 7. The molecule has 2 aromatic carbocycles. The topological polar surface area (TPSA) is 79.6 Å². The monoisotopic (exact) mass is 498 g/mol. The van der Waals surface area contributed by atoms with Gasteiger partial charge in [0.1, 0.15) is 11.8 Å². The molecule has 1 aliphatic heterocycles. The zero-order valence-electron chi connectivity index (χ0n) is 19.9. The minimum Gasteiger partial charge on any atom is -0.491 e. The first kappa shape index (κ1) is 23.6. The van der Waals surface area contributed by atoms with Gasteiger partial charge in [0.2, 0.25) is 0 Å². The van der Waals surface area contributed by atoms with Gasteiger partial charge in [-0.15, -0.1) is 0 Å². The maximum atomic E-state index is 11.6. The molecule has 0 bridgehead atoms. The van der Waals surface area contributed by atoms with Crippen LogP contribution in [0.4, 0.5) is 5.69 Å². The van der Waals surface area contributed by atoms with Crippen molar-refractivity contribution in [2.24, 2.45) is 0 Å². The molecule has 1 saturated heterocycles. The van der Waals surface area contributed by atoms with E-state index in [0.717, 1.165) is 28.5 Å². The van der Waals surface area contributed by atoms with Gasteiger partial charge in [0.05, 0.1) is 23.4 Å². The molecular formula is C28H26N4O3S. The second-order valence-electron chi connectivity index (χ2n) is 8.82. The smallest absolute Gasteiger partial charge is 0.335 e. The molecule has 0 radical (unpaired) electrons. The summed E-state index contributed by atoms with van der Waals surface area (Å²) in [7, 11) is 0. The van der Waals surface area contributed by atoms with Gasteiger partial charge in [0.25, 0.3) is 0 Å². The molecule has 3 heterocycles. The molecule has 0 saturated carbocycles. The van der Waals surface area contributed by atoms with Gasteiger partial charge >= 0.3 is 5.97 Å². The first-order valence-electron chi connectivity index (χ1n) is 11.7. The fourth-order valence-corrected chi connectivity index (χ4v) is 4.90. The van der Waals surface area contributed by atoms with Crippen molar-refractivity contribution in [2.45, 2.75) is 32.0 Å². The maximum absolute atomic E-state index is 11.6. The maximum Gasteiger partial charge on any atom is 0.335 e. The fraction of sp³-hybridized carbons (Fsp3) is 0.179. The van der Waals surface area contributed by atoms with E-state index >= 15 is 0 Å². The molecule has 1 aliphatic rings. The number of nitrogens with one attached hydrogen (secondary N) is 1. The van der Waals surface area contributed by atoms with E-state index in [1.54, 1.807) is 24.4 Å². The lowest BCUT2D eigenvalue weighted by Gasteiger charge is -2.29. The van der Waals surface area contributed by atoms with Crippen molar-refractivity contribution >= 4 is 29.0 Å². The van der Waals surface area contributed by atoms with Crippen LogP contribution in [0.25, 0.3) is 5.69 Å². The molecular weight excluding hydrogens is 472 g/mol. The van der Waals surface area contributed by atoms with Crippen LogP contribution in [0.3, 0.4) is 0 Å². The number of benzene rings is 2. The Morgan fingerprint density at radius 2 is 1.83 bits per heavy atom. The van der Waals surface area contributed by atoms with Crippen LogP contribution in [0, 0.1) is 0 Å². The quantitative estimate of drug-likeness (QED) is 0.324. The van der Waals surface area contributed by atoms with Crippen LogP contribution in [-0.2, 0) is 0 Å². The van der Waals surface area contributed by atoms with Gasteiger partial charge in [-0.3, -0.25) is 4.98 Å². The van der Waals surface area contributed by atoms with Crippen LogP contribution in [0.5, 0.6) is 5.75 Å². The normalized spacial score (nSPS) is 17.3. The van der Waals surface area contributed by atoms with Gasteiger partial charge in [0.15, 0.2) is 5.11 Å². The summed E-state index contributed by atoms with van der Waals surface area (Å²) in [5.41, 5.74) is 3.71. The summed E-state index contributed by atoms with van der Waals surface area (Å²) in [6.45, 7) is 3.99. The number of pyridine rings is 1. The first-order chi connectivity index (χ1) is 17.4. The molecule has 1 fully saturated rings. The van der Waals surface area contributed by atoms with Gasteiger partial charge < -0.3 is 24.6 Å². The van der Waals surface area contributed by atoms with Gasteiger partial charge in [-0.2, -0.15) is 0 Å². The summed E-state index contributed by atoms with van der Waals surface area (Å²) in [6.07, 6.45) is 3.79. The predicted octanol–water partition coefficient (Wildman–Crippen LogP) is 5.53. The van der Waals surface area contributed by atoms with Crippen LogP contribution in [-0.4, -0.2) is 31.8 Å². The molecule has 0 amide bonds. The summed E-state index contributed by atoms with van der Waals surface area (Å²) < 4.78 is 7.83. The largest absolute Gasteiger partial charge is 0.491 e. The molecule has 36 heavy (non-hydrogen) atoms. The van der Waals surface area contributed by atoms with Crippen molar-refractivity contribution in [3.63, 3.8) is 0 Å². The standard InChI is InChI=1S/C28H26N4O3S/c1-18(2)35-22-13-11-20(12-14-22)32-26(25(30-28(32)36)23-9-3-4-15-29-23)24-10-6-16-31(24)21-8-5-7-19(17-21)27(33)34/h3-18,25-26H,1-2H3,(H,30,36)(H,33,34)/t25-,26+/m1/s1. The highest BCUT2D eigenvalue weighted by Crippen LogP contribution is 2.42. The van der Waals surface area contributed by atoms with Crippen molar-refractivity contribution in [1.29, 1.82) is 0 Å². The summed E-state index contributed by atoms with van der Waals surface area (Å²) in [6, 6.07) is 24.1. The third kappa shape index (κ3) is 4.55. The Hall–Kier alpha value is -4.17. The molecule has 7 nitrogen and oxygen atoms in total. The second kappa shape index (κ2) is 9.83. The Bertz CT molecular complexity index is 1390. The number of carboxylic acid groups (broad SMARTS) is 1. The average molecular weight is 499 g/mol. The summed E-state index contributed by atoms with van der Waals surface area (Å²) in [5, 5.41) is 13.6. The highest BCUT2D eigenvalue weighted by atomic mass is 32.1. The fourth-order valence-electron chi connectivity index (χ4n) is 4.55. The summed E-state index contributed by atoms with van der Waals surface area (Å²) in [5.74, 6) is -0.176. The highest BCUT2D eigenvalue weighted by molar-refractivity contribution is 7.80. The number of carbonyl (C=O) groups is 1. The average Bonchev–Trinajstić information content (AvgIpc) is 3.49. The zero-order chi connectivity index (χ0) is 25.2. The Morgan fingerprint density at radius 1 is 1.03 bits per heavy atom. The number of ether oxygens (including phenoxy) is 1. The lowest BCUT2D eigenvalue weighted by Crippen LogP contribution is -2.30. The molecule has 0 aliphatic carbocycles. The van der Waals surface area contributed by atoms with E-state index in [9.17, 15) is 9.90 Å². The molecule has 2 N–H and O–H groups in total. The number of hydrogen-bond donors (Lipinski definition) is 2. The molecule has 4 aromatic rings. The second-order valence-corrected chi connectivity index (χ2v) is 9.20. The number of aromatic carboxylic acids is 1. The van der Waals surface area contributed by atoms with Gasteiger partial charge in [-0.1, -0.05) is 12.1 Å². The number of hydrogen-bond acceptors (Lipinski definition) is 4. The van der Waals surface area contributed by atoms with Gasteiger partial charge in [-0.25, -0.2) is 4.79 Å². The zero-order valence-corrected chi connectivity index (χ0v) is 20.7. The summed E-state index contributed by atoms with van der Waals surface area (Å²) >= 11 is 5.84. The molecule has 0 unspecified atom stereocenters. The first-order valence-corrected chi connectivity index (χ1v) is 12.1. The van der Waals surface area contributed by atoms with Crippen LogP contribution in [0.15, 0.2) is 91.3 Å². The van der Waals surface area contributed by atoms with Crippen molar-refractivity contribution in [3.8, 4) is 11.4 Å². The Labute approximate surface area is 215 Å². The number of aromatic nitrogens is 2. The van der Waals surface area contributed by atoms with Crippen molar-refractivity contribution < 1.29 is 14.6 Å². The van der Waals surface area contributed by atoms with E-state index in [4.69, 9.17) is 17.0 Å². The number of thiocarbonyl (C=S) groups is 1. The van der Waals surface area contributed by atoms with Crippen LogP contribution < -0.4 is 15.0 Å². The van der Waals surface area contributed by atoms with Crippen LogP contribution in [0.1, 0.15) is 47.7 Å². The Kier molecular flexibility index (Phi) is 6.43. The van der Waals surface area contributed by atoms with E-state index in [1.807, 2.05) is 85.3 Å². The molecule has 2 atom stereocenters. The Balaban J connectivity index is 1.61. The van der Waals surface area contributed by atoms with E-state index in [2.05, 4.69) is 15.2 Å². The van der Waals surface area contributed by atoms with Gasteiger partial charge in [-0.05, 0) is 92.8 Å². The molecule has 8 heteroatoms. The highest BCUT2D eigenvalue weighted by Gasteiger charge is 2.42. The number of nitrogens with zero attached hydrogens (tertiary/aromatic N) is 3. The van der Waals surface area contributed by atoms with Gasteiger partial charge in [0, 0.05) is 29.5 Å². The molecule has 2 aromatic heterocycles. The predicted molar refractivity (Wildman–Crippen MR) is 143 cm³/mol. The number of carboxylic acids is 1. The van der Waals surface area contributed by atoms with E-state index in [-0.39, 0.29) is 23.8 Å². The van der Waals surface area contributed by atoms with Crippen molar-refractivity contribution in [1.82, 2.24) is 14.9 Å². The SMILES string of the molecule is CC(C)Oc1ccc(N2C(=S)N[C@H](c3ccccn3)[C@@H]2c2cccn2-c2cccc(C(=O)O)c2)cc1. The van der Waals surface area contributed by atoms with E-state index < -0.39 is 5.97 Å². The molecule has 5 rings (SSSR count). The minimum atomic E-state index is -0.967. The third-order valence-electron chi connectivity index (χ3n) is 6.04.